The van der Waals surface area contributed by atoms with Gasteiger partial charge in [0.2, 0.25) is 0 Å². The summed E-state index contributed by atoms with van der Waals surface area (Å²) in [5.74, 6) is -0.440. The molecule has 1 unspecified atom stereocenters. The lowest BCUT2D eigenvalue weighted by atomic mass is 10.0. The van der Waals surface area contributed by atoms with E-state index in [1.54, 1.807) is 6.92 Å². The van der Waals surface area contributed by atoms with Gasteiger partial charge in [-0.1, -0.05) is 18.2 Å². The highest BCUT2D eigenvalue weighted by Crippen LogP contribution is 2.23. The predicted octanol–water partition coefficient (Wildman–Crippen LogP) is 1.15. The third kappa shape index (κ3) is 1.95. The van der Waals surface area contributed by atoms with E-state index in [0.29, 0.717) is 0 Å². The average Bonchev–Trinajstić information content (AvgIpc) is 2.66. The number of para-hydroxylation sites is 1. The first-order chi connectivity index (χ1) is 8.07. The number of ether oxygens (including phenoxy) is 1. The monoisotopic (exact) mass is 234 g/mol. The van der Waals surface area contributed by atoms with Gasteiger partial charge in [0.25, 0.3) is 0 Å². The molecule has 5 nitrogen and oxygen atoms in total. The van der Waals surface area contributed by atoms with Gasteiger partial charge < -0.3 is 10.1 Å². The Hall–Kier alpha value is -2.04. The maximum absolute atomic E-state index is 11.8. The van der Waals surface area contributed by atoms with Crippen LogP contribution < -0.4 is 10.2 Å². The molecule has 90 valence electrons. The Balaban J connectivity index is 2.24. The molecule has 0 aromatic heterocycles. The molecule has 1 aliphatic rings. The van der Waals surface area contributed by atoms with Gasteiger partial charge in [-0.25, -0.2) is 9.59 Å². The molecule has 1 saturated heterocycles. The summed E-state index contributed by atoms with van der Waals surface area (Å²) < 4.78 is 4.69. The summed E-state index contributed by atoms with van der Waals surface area (Å²) in [4.78, 5) is 24.9. The van der Waals surface area contributed by atoms with Gasteiger partial charge >= 0.3 is 12.0 Å². The standard InChI is InChI=1S/C12H14N2O3/c1-12(10(15)17-2)8-14(11(16)13-12)9-6-4-3-5-7-9/h3-7H,8H2,1-2H3,(H,13,16). The summed E-state index contributed by atoms with van der Waals surface area (Å²) in [6.07, 6.45) is 0. The van der Waals surface area contributed by atoms with Crippen molar-refractivity contribution in [1.82, 2.24) is 5.32 Å². The van der Waals surface area contributed by atoms with Crippen molar-refractivity contribution in [3.05, 3.63) is 30.3 Å². The molecule has 17 heavy (non-hydrogen) atoms. The molecule has 0 aliphatic carbocycles. The van der Waals surface area contributed by atoms with Gasteiger partial charge in [0.1, 0.15) is 0 Å². The molecule has 0 bridgehead atoms. The van der Waals surface area contributed by atoms with Crippen LogP contribution in [0.3, 0.4) is 0 Å². The highest BCUT2D eigenvalue weighted by atomic mass is 16.5. The van der Waals surface area contributed by atoms with Crippen LogP contribution in [0.5, 0.6) is 0 Å². The van der Waals surface area contributed by atoms with E-state index in [4.69, 9.17) is 0 Å². The SMILES string of the molecule is COC(=O)C1(C)CN(c2ccccc2)C(=O)N1. The maximum atomic E-state index is 11.8. The topological polar surface area (TPSA) is 58.6 Å². The summed E-state index contributed by atoms with van der Waals surface area (Å²) in [7, 11) is 1.31. The zero-order valence-corrected chi connectivity index (χ0v) is 9.77. The predicted molar refractivity (Wildman–Crippen MR) is 62.7 cm³/mol. The van der Waals surface area contributed by atoms with Crippen molar-refractivity contribution in [2.24, 2.45) is 0 Å². The number of urea groups is 1. The van der Waals surface area contributed by atoms with Crippen LogP contribution in [0.2, 0.25) is 0 Å². The number of nitrogens with one attached hydrogen (secondary N) is 1. The van der Waals surface area contributed by atoms with Crippen molar-refractivity contribution in [3.63, 3.8) is 0 Å². The van der Waals surface area contributed by atoms with Gasteiger partial charge in [-0.05, 0) is 19.1 Å². The lowest BCUT2D eigenvalue weighted by Gasteiger charge is -2.20. The quantitative estimate of drug-likeness (QED) is 0.781. The fourth-order valence-corrected chi connectivity index (χ4v) is 1.89. The van der Waals surface area contributed by atoms with Crippen LogP contribution in [0.1, 0.15) is 6.92 Å². The van der Waals surface area contributed by atoms with Crippen LogP contribution in [-0.2, 0) is 9.53 Å². The molecule has 0 saturated carbocycles. The summed E-state index contributed by atoms with van der Waals surface area (Å²) in [5.41, 5.74) is -0.223. The largest absolute Gasteiger partial charge is 0.467 e. The van der Waals surface area contributed by atoms with Crippen molar-refractivity contribution >= 4 is 17.7 Å². The summed E-state index contributed by atoms with van der Waals surface area (Å²) in [6.45, 7) is 1.92. The van der Waals surface area contributed by atoms with Gasteiger partial charge in [0.15, 0.2) is 5.54 Å². The zero-order chi connectivity index (χ0) is 12.5. The number of carbonyl (C=O) groups excluding carboxylic acids is 2. The zero-order valence-electron chi connectivity index (χ0n) is 9.77. The lowest BCUT2D eigenvalue weighted by Crippen LogP contribution is -2.48. The van der Waals surface area contributed by atoms with E-state index in [-0.39, 0.29) is 12.6 Å². The van der Waals surface area contributed by atoms with E-state index in [2.05, 4.69) is 10.1 Å². The molecule has 0 spiro atoms. The van der Waals surface area contributed by atoms with Crippen LogP contribution in [0.25, 0.3) is 0 Å². The number of rotatable bonds is 2. The van der Waals surface area contributed by atoms with Gasteiger partial charge in [-0.3, -0.25) is 4.90 Å². The number of anilines is 1. The molecule has 1 fully saturated rings. The highest BCUT2D eigenvalue weighted by molar-refractivity contribution is 6.01. The first kappa shape index (κ1) is 11.4. The lowest BCUT2D eigenvalue weighted by molar-refractivity contribution is -0.146. The van der Waals surface area contributed by atoms with Crippen molar-refractivity contribution in [2.75, 3.05) is 18.6 Å². The molecule has 1 aromatic rings. The number of methoxy groups -OCH3 is 1. The minimum absolute atomic E-state index is 0.266. The molecule has 2 rings (SSSR count). The van der Waals surface area contributed by atoms with E-state index in [9.17, 15) is 9.59 Å². The van der Waals surface area contributed by atoms with Crippen LogP contribution in [0.15, 0.2) is 30.3 Å². The van der Waals surface area contributed by atoms with E-state index in [0.717, 1.165) is 5.69 Å². The Bertz CT molecular complexity index is 446. The Labute approximate surface area is 99.4 Å². The number of amides is 2. The number of hydrogen-bond acceptors (Lipinski definition) is 3. The second kappa shape index (κ2) is 4.08. The minimum Gasteiger partial charge on any atom is -0.467 e. The van der Waals surface area contributed by atoms with E-state index < -0.39 is 11.5 Å². The van der Waals surface area contributed by atoms with E-state index in [1.165, 1.54) is 12.0 Å². The second-order valence-corrected chi connectivity index (χ2v) is 4.18. The smallest absolute Gasteiger partial charge is 0.333 e. The van der Waals surface area contributed by atoms with Crippen molar-refractivity contribution < 1.29 is 14.3 Å². The number of nitrogens with zero attached hydrogens (tertiary/aromatic N) is 1. The van der Waals surface area contributed by atoms with E-state index in [1.807, 2.05) is 30.3 Å². The van der Waals surface area contributed by atoms with Crippen LogP contribution in [-0.4, -0.2) is 31.2 Å². The summed E-state index contributed by atoms with van der Waals surface area (Å²) in [5, 5.41) is 2.64. The third-order valence-corrected chi connectivity index (χ3v) is 2.81. The molecule has 5 heteroatoms. The molecule has 1 N–H and O–H groups in total. The fraction of sp³-hybridized carbons (Fsp3) is 0.333. The van der Waals surface area contributed by atoms with Gasteiger partial charge in [0, 0.05) is 5.69 Å². The molecular weight excluding hydrogens is 220 g/mol. The van der Waals surface area contributed by atoms with Crippen molar-refractivity contribution in [2.45, 2.75) is 12.5 Å². The van der Waals surface area contributed by atoms with Gasteiger partial charge in [-0.15, -0.1) is 0 Å². The fourth-order valence-electron chi connectivity index (χ4n) is 1.89. The van der Waals surface area contributed by atoms with Gasteiger partial charge in [0.05, 0.1) is 13.7 Å². The van der Waals surface area contributed by atoms with Crippen LogP contribution in [0.4, 0.5) is 10.5 Å². The number of carbonyl (C=O) groups is 2. The molecular formula is C12H14N2O3. The Kier molecular flexibility index (Phi) is 2.75. The van der Waals surface area contributed by atoms with Crippen molar-refractivity contribution in [1.29, 1.82) is 0 Å². The first-order valence-corrected chi connectivity index (χ1v) is 5.30. The highest BCUT2D eigenvalue weighted by Gasteiger charge is 2.45. The molecule has 2 amide bonds. The first-order valence-electron chi connectivity index (χ1n) is 5.30. The molecule has 1 aliphatic heterocycles. The Morgan fingerprint density at radius 1 is 1.41 bits per heavy atom. The van der Waals surface area contributed by atoms with Crippen LogP contribution >= 0.6 is 0 Å². The molecule has 0 radical (unpaired) electrons. The third-order valence-electron chi connectivity index (χ3n) is 2.81. The second-order valence-electron chi connectivity index (χ2n) is 4.18. The average molecular weight is 234 g/mol. The number of benzene rings is 1. The Morgan fingerprint density at radius 3 is 2.65 bits per heavy atom. The molecule has 1 heterocycles. The normalized spacial score (nSPS) is 23.4. The Morgan fingerprint density at radius 2 is 2.06 bits per heavy atom. The van der Waals surface area contributed by atoms with Gasteiger partial charge in [-0.2, -0.15) is 0 Å². The molecule has 1 aromatic carbocycles. The van der Waals surface area contributed by atoms with Crippen molar-refractivity contribution in [3.8, 4) is 0 Å². The number of hydrogen-bond donors (Lipinski definition) is 1. The minimum atomic E-state index is -0.984. The van der Waals surface area contributed by atoms with Crippen LogP contribution in [0, 0.1) is 0 Å². The summed E-state index contributed by atoms with van der Waals surface area (Å²) in [6, 6.07) is 8.92. The number of esters is 1. The van der Waals surface area contributed by atoms with E-state index >= 15 is 0 Å². The maximum Gasteiger partial charge on any atom is 0.333 e. The molecule has 1 atom stereocenters. The summed E-state index contributed by atoms with van der Waals surface area (Å²) >= 11 is 0.